The van der Waals surface area contributed by atoms with Crippen LogP contribution in [-0.4, -0.2) is 63.2 Å². The smallest absolute Gasteiger partial charge is 0.231 e. The zero-order chi connectivity index (χ0) is 27.7. The van der Waals surface area contributed by atoms with Gasteiger partial charge in [-0.25, -0.2) is 0 Å². The zero-order valence-electron chi connectivity index (χ0n) is 23.7. The van der Waals surface area contributed by atoms with Crippen molar-refractivity contribution in [3.8, 4) is 11.8 Å². The Hall–Kier alpha value is -3.00. The fourth-order valence-corrected chi connectivity index (χ4v) is 9.13. The molecule has 2 amide bonds. The average molecular weight is 547 g/mol. The first-order valence-electron chi connectivity index (χ1n) is 15.4. The second-order valence-corrected chi connectivity index (χ2v) is 13.2. The summed E-state index contributed by atoms with van der Waals surface area (Å²) in [6.07, 6.45) is 6.88. The number of anilines is 1. The Balaban J connectivity index is 1.01. The molecule has 5 aliphatic rings. The number of nitrogens with one attached hydrogen (secondary N) is 1. The number of hydrogen-bond donors (Lipinski definition) is 3. The highest BCUT2D eigenvalue weighted by Gasteiger charge is 2.54. The number of piperidine rings is 1. The molecule has 3 fully saturated rings. The molecule has 0 radical (unpaired) electrons. The first-order chi connectivity index (χ1) is 19.3. The lowest BCUT2D eigenvalue weighted by Gasteiger charge is -2.38. The average Bonchev–Trinajstić information content (AvgIpc) is 3.72. The van der Waals surface area contributed by atoms with Crippen LogP contribution in [0.4, 0.5) is 5.69 Å². The van der Waals surface area contributed by atoms with Crippen LogP contribution in [0, 0.1) is 17.8 Å². The molecule has 3 aliphatic carbocycles. The molecule has 40 heavy (non-hydrogen) atoms. The highest BCUT2D eigenvalue weighted by molar-refractivity contribution is 6.01. The van der Waals surface area contributed by atoms with Crippen LogP contribution in [0.5, 0.6) is 11.8 Å². The molecule has 2 bridgehead atoms. The van der Waals surface area contributed by atoms with Crippen LogP contribution in [0.3, 0.4) is 0 Å². The van der Waals surface area contributed by atoms with Gasteiger partial charge in [-0.15, -0.1) is 0 Å². The molecule has 0 spiro atoms. The van der Waals surface area contributed by atoms with E-state index in [1.807, 2.05) is 12.1 Å². The summed E-state index contributed by atoms with van der Waals surface area (Å²) in [6, 6.07) is 8.50. The summed E-state index contributed by atoms with van der Waals surface area (Å²) in [7, 11) is 0. The van der Waals surface area contributed by atoms with E-state index in [4.69, 9.17) is 0 Å². The Morgan fingerprint density at radius 1 is 0.975 bits per heavy atom. The van der Waals surface area contributed by atoms with Gasteiger partial charge in [-0.3, -0.25) is 14.2 Å². The van der Waals surface area contributed by atoms with E-state index in [1.165, 1.54) is 12.8 Å². The molecule has 1 saturated heterocycles. The molecular formula is C32H42N4O4. The molecule has 6 unspecified atom stereocenters. The van der Waals surface area contributed by atoms with Crippen molar-refractivity contribution in [3.05, 3.63) is 41.0 Å². The van der Waals surface area contributed by atoms with Crippen molar-refractivity contribution >= 4 is 17.5 Å². The van der Waals surface area contributed by atoms with Gasteiger partial charge in [0.25, 0.3) is 0 Å². The number of rotatable bonds is 6. The number of aromatic nitrogens is 1. The number of amides is 2. The molecule has 1 aromatic carbocycles. The van der Waals surface area contributed by atoms with Gasteiger partial charge in [0, 0.05) is 67.9 Å². The molecule has 8 heteroatoms. The second kappa shape index (κ2) is 9.82. The highest BCUT2D eigenvalue weighted by Crippen LogP contribution is 2.62. The first kappa shape index (κ1) is 25.9. The summed E-state index contributed by atoms with van der Waals surface area (Å²) in [5.41, 5.74) is 4.05. The molecule has 3 N–H and O–H groups in total. The number of nitrogens with zero attached hydrogens (tertiary/aromatic N) is 3. The Morgan fingerprint density at radius 2 is 1.65 bits per heavy atom. The summed E-state index contributed by atoms with van der Waals surface area (Å²) in [5.74, 6) is 2.09. The van der Waals surface area contributed by atoms with Gasteiger partial charge in [-0.1, -0.05) is 31.5 Å². The first-order valence-corrected chi connectivity index (χ1v) is 15.4. The molecule has 6 atom stereocenters. The van der Waals surface area contributed by atoms with Crippen molar-refractivity contribution in [2.24, 2.45) is 17.8 Å². The number of carbonyl (C=O) groups excluding carboxylic acids is 2. The quantitative estimate of drug-likeness (QED) is 0.507. The van der Waals surface area contributed by atoms with Gasteiger partial charge in [-0.2, -0.15) is 0 Å². The number of fused-ring (bicyclic) bond motifs is 6. The largest absolute Gasteiger partial charge is 0.494 e. The molecule has 3 heterocycles. The van der Waals surface area contributed by atoms with Crippen LogP contribution in [0.1, 0.15) is 80.9 Å². The topological polar surface area (TPSA) is 98.0 Å². The van der Waals surface area contributed by atoms with Crippen molar-refractivity contribution in [2.45, 2.75) is 89.3 Å². The number of likely N-dealkylation sites (tertiary alicyclic amines) is 1. The van der Waals surface area contributed by atoms with Gasteiger partial charge < -0.3 is 25.3 Å². The van der Waals surface area contributed by atoms with Gasteiger partial charge in [0.15, 0.2) is 11.8 Å². The van der Waals surface area contributed by atoms with Gasteiger partial charge >= 0.3 is 0 Å². The van der Waals surface area contributed by atoms with E-state index in [9.17, 15) is 19.8 Å². The Bertz CT molecular complexity index is 1330. The van der Waals surface area contributed by atoms with Crippen molar-refractivity contribution in [1.29, 1.82) is 0 Å². The third-order valence-electron chi connectivity index (χ3n) is 11.0. The predicted octanol–water partition coefficient (Wildman–Crippen LogP) is 4.09. The Labute approximate surface area is 236 Å². The van der Waals surface area contributed by atoms with Crippen LogP contribution in [0.15, 0.2) is 24.3 Å². The molecule has 214 valence electrons. The molecule has 2 aliphatic heterocycles. The number of carbonyl (C=O) groups is 2. The lowest BCUT2D eigenvalue weighted by atomic mass is 9.82. The third kappa shape index (κ3) is 4.05. The van der Waals surface area contributed by atoms with Crippen LogP contribution in [0.2, 0.25) is 0 Å². The number of aromatic hydroxyl groups is 2. The second-order valence-electron chi connectivity index (χ2n) is 13.2. The molecule has 2 saturated carbocycles. The summed E-state index contributed by atoms with van der Waals surface area (Å²) < 4.78 is 1.78. The van der Waals surface area contributed by atoms with E-state index < -0.39 is 0 Å². The predicted molar refractivity (Wildman–Crippen MR) is 153 cm³/mol. The number of hydrogen-bond acceptors (Lipinski definition) is 5. The molecule has 8 nitrogen and oxygen atoms in total. The van der Waals surface area contributed by atoms with E-state index >= 15 is 0 Å². The zero-order valence-corrected chi connectivity index (χ0v) is 23.7. The number of benzene rings is 1. The molecule has 7 rings (SSSR count). The number of para-hydroxylation sites is 1. The standard InChI is InChI=1S/C32H42N4O4/c1-18-24-15-25(30(18)33-19(2)37)29-28(24)31(39)35(32(29)40)17-22-8-5-7-21(22)16-34-12-10-23(11-13-34)36-26-9-4-3-6-20(26)14-27(36)38/h3-4,6,9,18,21-25,30,39-40H,5,7-8,10-17H2,1-2H3,(H,33,37). The van der Waals surface area contributed by atoms with Crippen molar-refractivity contribution in [1.82, 2.24) is 14.8 Å². The van der Waals surface area contributed by atoms with Crippen molar-refractivity contribution < 1.29 is 19.8 Å². The van der Waals surface area contributed by atoms with E-state index in [0.29, 0.717) is 24.8 Å². The monoisotopic (exact) mass is 546 g/mol. The fraction of sp³-hybridized carbons (Fsp3) is 0.625. The van der Waals surface area contributed by atoms with Crippen molar-refractivity contribution in [2.75, 3.05) is 24.5 Å². The maximum Gasteiger partial charge on any atom is 0.231 e. The van der Waals surface area contributed by atoms with Gasteiger partial charge in [0.2, 0.25) is 11.8 Å². The molecular weight excluding hydrogens is 504 g/mol. The van der Waals surface area contributed by atoms with Gasteiger partial charge in [-0.05, 0) is 67.4 Å². The normalized spacial score (nSPS) is 31.6. The minimum absolute atomic E-state index is 0.0163. The fourth-order valence-electron chi connectivity index (χ4n) is 9.13. The Kier molecular flexibility index (Phi) is 6.37. The van der Waals surface area contributed by atoms with Crippen LogP contribution in [-0.2, 0) is 22.6 Å². The van der Waals surface area contributed by atoms with Crippen LogP contribution < -0.4 is 10.2 Å². The third-order valence-corrected chi connectivity index (χ3v) is 11.0. The van der Waals surface area contributed by atoms with Crippen LogP contribution >= 0.6 is 0 Å². The molecule has 2 aromatic rings. The summed E-state index contributed by atoms with van der Waals surface area (Å²) in [4.78, 5) is 29.2. The highest BCUT2D eigenvalue weighted by atomic mass is 16.3. The van der Waals surface area contributed by atoms with Gasteiger partial charge in [0.05, 0.1) is 6.42 Å². The van der Waals surface area contributed by atoms with E-state index in [1.54, 1.807) is 11.5 Å². The summed E-state index contributed by atoms with van der Waals surface area (Å²) in [6.45, 7) is 7.38. The Morgan fingerprint density at radius 3 is 2.38 bits per heavy atom. The maximum absolute atomic E-state index is 12.8. The summed E-state index contributed by atoms with van der Waals surface area (Å²) >= 11 is 0. The minimum atomic E-state index is -0.0382. The van der Waals surface area contributed by atoms with E-state index in [-0.39, 0.29) is 53.4 Å². The van der Waals surface area contributed by atoms with Crippen LogP contribution in [0.25, 0.3) is 0 Å². The SMILES string of the molecule is CC(=O)NC1C2CC(c3c2c(O)n(CC2CCCC2CN2CCC(N4C(=O)Cc5ccccc54)CC2)c3O)C1C. The van der Waals surface area contributed by atoms with Crippen molar-refractivity contribution in [3.63, 3.8) is 0 Å². The summed E-state index contributed by atoms with van der Waals surface area (Å²) in [5, 5.41) is 25.7. The minimum Gasteiger partial charge on any atom is -0.494 e. The van der Waals surface area contributed by atoms with E-state index in [0.717, 1.165) is 67.7 Å². The lowest BCUT2D eigenvalue weighted by Crippen LogP contribution is -2.47. The van der Waals surface area contributed by atoms with E-state index in [2.05, 4.69) is 34.2 Å². The maximum atomic E-state index is 12.8. The molecule has 1 aromatic heterocycles. The lowest BCUT2D eigenvalue weighted by molar-refractivity contribution is -0.120. The van der Waals surface area contributed by atoms with Gasteiger partial charge in [0.1, 0.15) is 0 Å².